The second-order valence-corrected chi connectivity index (χ2v) is 18.1. The van der Waals surface area contributed by atoms with Crippen molar-refractivity contribution in [2.75, 3.05) is 13.2 Å². The van der Waals surface area contributed by atoms with Gasteiger partial charge >= 0.3 is 17.9 Å². The Bertz CT molecular complexity index is 1230. The van der Waals surface area contributed by atoms with E-state index in [9.17, 15) is 14.4 Å². The number of ether oxygens (including phenoxy) is 3. The Morgan fingerprint density at radius 2 is 0.600 bits per heavy atom. The van der Waals surface area contributed by atoms with Crippen molar-refractivity contribution in [3.63, 3.8) is 0 Å². The van der Waals surface area contributed by atoms with Gasteiger partial charge in [0.05, 0.1) is 0 Å². The van der Waals surface area contributed by atoms with E-state index in [4.69, 9.17) is 14.2 Å². The standard InChI is InChI=1S/C59H102O6/c1-4-7-10-13-16-18-20-22-24-26-27-28-29-30-31-32-33-34-36-37-39-41-43-46-49-52-58(61)64-55-56(54-63-57(60)51-48-45-15-12-9-6-3)65-59(62)53-50-47-44-42-40-38-35-25-23-21-19-17-14-11-8-5-2/h7,10,16,18,22,24,27-28,30-31,33-34,56H,4-6,8-9,11-15,17,19-21,23,25-26,29,32,35-55H2,1-3H3/b10-7-,18-16-,24-22-,28-27-,31-30-,34-33-. The van der Waals surface area contributed by atoms with Crippen LogP contribution in [0.25, 0.3) is 0 Å². The lowest BCUT2D eigenvalue weighted by Crippen LogP contribution is -2.30. The van der Waals surface area contributed by atoms with E-state index in [0.717, 1.165) is 103 Å². The Hall–Kier alpha value is -3.15. The van der Waals surface area contributed by atoms with Crippen molar-refractivity contribution in [1.29, 1.82) is 0 Å². The van der Waals surface area contributed by atoms with E-state index >= 15 is 0 Å². The largest absolute Gasteiger partial charge is 0.462 e. The van der Waals surface area contributed by atoms with Gasteiger partial charge in [-0.1, -0.05) is 248 Å². The number of esters is 3. The Morgan fingerprint density at radius 1 is 0.323 bits per heavy atom. The lowest BCUT2D eigenvalue weighted by molar-refractivity contribution is -0.167. The summed E-state index contributed by atoms with van der Waals surface area (Å²) in [5.74, 6) is -0.896. The molecular formula is C59H102O6. The van der Waals surface area contributed by atoms with Crippen LogP contribution in [0.4, 0.5) is 0 Å². The van der Waals surface area contributed by atoms with Crippen LogP contribution >= 0.6 is 0 Å². The zero-order chi connectivity index (χ0) is 47.2. The number of unbranched alkanes of at least 4 members (excludes halogenated alkanes) is 26. The van der Waals surface area contributed by atoms with Gasteiger partial charge in [-0.25, -0.2) is 0 Å². The molecule has 6 heteroatoms. The van der Waals surface area contributed by atoms with Gasteiger partial charge in [-0.2, -0.15) is 0 Å². The topological polar surface area (TPSA) is 78.9 Å². The van der Waals surface area contributed by atoms with Crippen molar-refractivity contribution in [2.24, 2.45) is 0 Å². The smallest absolute Gasteiger partial charge is 0.306 e. The molecule has 374 valence electrons. The molecule has 0 aromatic rings. The second-order valence-electron chi connectivity index (χ2n) is 18.1. The monoisotopic (exact) mass is 907 g/mol. The van der Waals surface area contributed by atoms with Crippen molar-refractivity contribution in [1.82, 2.24) is 0 Å². The predicted octanol–water partition coefficient (Wildman–Crippen LogP) is 18.2. The SMILES string of the molecule is CC/C=C\C/C=C\C/C=C\C/C=C\C/C=C\C/C=C\CCCCCCCCC(=O)OCC(COC(=O)CCCCCCCC)OC(=O)CCCCCCCCCCCCCCCCCC. The van der Waals surface area contributed by atoms with E-state index in [1.54, 1.807) is 0 Å². The molecule has 0 spiro atoms. The summed E-state index contributed by atoms with van der Waals surface area (Å²) in [5.41, 5.74) is 0. The quantitative estimate of drug-likeness (QED) is 0.0262. The fraction of sp³-hybridized carbons (Fsp3) is 0.746. The molecule has 0 amide bonds. The molecule has 1 unspecified atom stereocenters. The van der Waals surface area contributed by atoms with Gasteiger partial charge in [-0.15, -0.1) is 0 Å². The summed E-state index contributed by atoms with van der Waals surface area (Å²) in [6, 6.07) is 0. The molecule has 6 nitrogen and oxygen atoms in total. The zero-order valence-electron chi connectivity index (χ0n) is 42.7. The van der Waals surface area contributed by atoms with Gasteiger partial charge in [-0.05, 0) is 70.6 Å². The van der Waals surface area contributed by atoms with Crippen LogP contribution in [0.15, 0.2) is 72.9 Å². The van der Waals surface area contributed by atoms with Gasteiger partial charge in [0.2, 0.25) is 0 Å². The van der Waals surface area contributed by atoms with Gasteiger partial charge < -0.3 is 14.2 Å². The maximum atomic E-state index is 12.8. The molecule has 0 fully saturated rings. The molecule has 0 aliphatic rings. The van der Waals surface area contributed by atoms with Gasteiger partial charge in [0, 0.05) is 19.3 Å². The van der Waals surface area contributed by atoms with Crippen LogP contribution in [0.5, 0.6) is 0 Å². The van der Waals surface area contributed by atoms with Crippen molar-refractivity contribution >= 4 is 17.9 Å². The van der Waals surface area contributed by atoms with Gasteiger partial charge in [0.1, 0.15) is 13.2 Å². The second kappa shape index (κ2) is 53.5. The molecule has 0 bridgehead atoms. The van der Waals surface area contributed by atoms with Gasteiger partial charge in [-0.3, -0.25) is 14.4 Å². The summed E-state index contributed by atoms with van der Waals surface area (Å²) in [6.45, 7) is 6.47. The normalized spacial score (nSPS) is 12.6. The Balaban J connectivity index is 4.19. The first kappa shape index (κ1) is 61.9. The summed E-state index contributed by atoms with van der Waals surface area (Å²) in [4.78, 5) is 37.8. The van der Waals surface area contributed by atoms with Crippen LogP contribution in [0, 0.1) is 0 Å². The van der Waals surface area contributed by atoms with Crippen molar-refractivity contribution < 1.29 is 28.6 Å². The maximum Gasteiger partial charge on any atom is 0.306 e. The molecule has 0 rings (SSSR count). The zero-order valence-corrected chi connectivity index (χ0v) is 42.7. The van der Waals surface area contributed by atoms with E-state index in [0.29, 0.717) is 19.3 Å². The summed E-state index contributed by atoms with van der Waals surface area (Å²) >= 11 is 0. The van der Waals surface area contributed by atoms with Crippen molar-refractivity contribution in [3.8, 4) is 0 Å². The number of allylic oxidation sites excluding steroid dienone is 12. The van der Waals surface area contributed by atoms with Crippen LogP contribution in [0.3, 0.4) is 0 Å². The first-order valence-corrected chi connectivity index (χ1v) is 27.4. The van der Waals surface area contributed by atoms with Crippen LogP contribution in [-0.2, 0) is 28.6 Å². The number of carbonyl (C=O) groups excluding carboxylic acids is 3. The molecule has 0 saturated heterocycles. The molecule has 0 saturated carbocycles. The lowest BCUT2D eigenvalue weighted by Gasteiger charge is -2.18. The van der Waals surface area contributed by atoms with Crippen LogP contribution in [0.1, 0.15) is 265 Å². The van der Waals surface area contributed by atoms with Crippen molar-refractivity contribution in [2.45, 2.75) is 271 Å². The molecule has 0 radical (unpaired) electrons. The highest BCUT2D eigenvalue weighted by molar-refractivity contribution is 5.71. The van der Waals surface area contributed by atoms with Crippen LogP contribution < -0.4 is 0 Å². The Kier molecular flexibility index (Phi) is 50.9. The number of hydrogen-bond acceptors (Lipinski definition) is 6. The van der Waals surface area contributed by atoms with E-state index in [1.165, 1.54) is 122 Å². The molecule has 0 N–H and O–H groups in total. The van der Waals surface area contributed by atoms with E-state index in [1.807, 2.05) is 0 Å². The minimum absolute atomic E-state index is 0.0782. The Morgan fingerprint density at radius 3 is 0.938 bits per heavy atom. The Labute approximate surface area is 402 Å². The molecule has 0 aromatic carbocycles. The fourth-order valence-electron chi connectivity index (χ4n) is 7.62. The molecule has 0 aromatic heterocycles. The first-order valence-electron chi connectivity index (χ1n) is 27.4. The molecule has 0 aliphatic heterocycles. The summed E-state index contributed by atoms with van der Waals surface area (Å²) < 4.78 is 16.7. The lowest BCUT2D eigenvalue weighted by atomic mass is 10.0. The molecule has 0 heterocycles. The summed E-state index contributed by atoms with van der Waals surface area (Å²) in [6.07, 6.45) is 67.7. The third-order valence-electron chi connectivity index (χ3n) is 11.7. The third-order valence-corrected chi connectivity index (χ3v) is 11.7. The number of rotatable bonds is 49. The highest BCUT2D eigenvalue weighted by atomic mass is 16.6. The van der Waals surface area contributed by atoms with E-state index in [-0.39, 0.29) is 31.1 Å². The van der Waals surface area contributed by atoms with Gasteiger partial charge in [0.15, 0.2) is 6.10 Å². The van der Waals surface area contributed by atoms with Gasteiger partial charge in [0.25, 0.3) is 0 Å². The minimum Gasteiger partial charge on any atom is -0.462 e. The number of hydrogen-bond donors (Lipinski definition) is 0. The maximum absolute atomic E-state index is 12.8. The highest BCUT2D eigenvalue weighted by Crippen LogP contribution is 2.16. The van der Waals surface area contributed by atoms with E-state index in [2.05, 4.69) is 93.7 Å². The average molecular weight is 907 g/mol. The summed E-state index contributed by atoms with van der Waals surface area (Å²) in [5, 5.41) is 0. The van der Waals surface area contributed by atoms with Crippen LogP contribution in [-0.4, -0.2) is 37.2 Å². The molecule has 1 atom stereocenters. The van der Waals surface area contributed by atoms with E-state index < -0.39 is 6.10 Å². The average Bonchev–Trinajstić information content (AvgIpc) is 3.30. The fourth-order valence-corrected chi connectivity index (χ4v) is 7.62. The molecular weight excluding hydrogens is 805 g/mol. The van der Waals surface area contributed by atoms with Crippen LogP contribution in [0.2, 0.25) is 0 Å². The molecule has 65 heavy (non-hydrogen) atoms. The summed E-state index contributed by atoms with van der Waals surface area (Å²) in [7, 11) is 0. The molecule has 0 aliphatic carbocycles. The third kappa shape index (κ3) is 51.7. The van der Waals surface area contributed by atoms with Crippen molar-refractivity contribution in [3.05, 3.63) is 72.9 Å². The number of carbonyl (C=O) groups is 3. The predicted molar refractivity (Wildman–Crippen MR) is 279 cm³/mol. The highest BCUT2D eigenvalue weighted by Gasteiger charge is 2.19. The first-order chi connectivity index (χ1) is 32.0. The minimum atomic E-state index is -0.776.